The highest BCUT2D eigenvalue weighted by Gasteiger charge is 2.12. The number of nitrogens with zero attached hydrogens (tertiary/aromatic N) is 3. The molecule has 0 aliphatic carbocycles. The Labute approximate surface area is 122 Å². The molecule has 3 aromatic rings. The normalized spacial score (nSPS) is 11.7. The van der Waals surface area contributed by atoms with Crippen LogP contribution in [0.5, 0.6) is 0 Å². The molecule has 4 nitrogen and oxygen atoms in total. The zero-order valence-corrected chi connectivity index (χ0v) is 12.6. The standard InChI is InChI=1S/C15H20N4S/c1-2-11-7-8-12-13(10-11)20-15-18-17-14(19(12)15)6-4-3-5-9-16/h7-8,10H,2-6,9,16H2,1H3. The SMILES string of the molecule is CCc1ccc2c(c1)sc1nnc(CCCCCN)n12. The number of hydrogen-bond acceptors (Lipinski definition) is 4. The van der Waals surface area contributed by atoms with Gasteiger partial charge in [0, 0.05) is 6.42 Å². The minimum Gasteiger partial charge on any atom is -0.330 e. The van der Waals surface area contributed by atoms with E-state index in [2.05, 4.69) is 39.7 Å². The van der Waals surface area contributed by atoms with Crippen LogP contribution in [-0.2, 0) is 12.8 Å². The number of aromatic nitrogens is 3. The smallest absolute Gasteiger partial charge is 0.217 e. The van der Waals surface area contributed by atoms with Crippen molar-refractivity contribution in [3.05, 3.63) is 29.6 Å². The molecule has 0 fully saturated rings. The van der Waals surface area contributed by atoms with Gasteiger partial charge in [-0.2, -0.15) is 0 Å². The molecular weight excluding hydrogens is 268 g/mol. The van der Waals surface area contributed by atoms with Crippen LogP contribution < -0.4 is 5.73 Å². The molecule has 1 aromatic carbocycles. The fourth-order valence-corrected chi connectivity index (χ4v) is 3.57. The van der Waals surface area contributed by atoms with Crippen molar-refractivity contribution in [1.82, 2.24) is 14.6 Å². The zero-order chi connectivity index (χ0) is 13.9. The summed E-state index contributed by atoms with van der Waals surface area (Å²) < 4.78 is 3.51. The van der Waals surface area contributed by atoms with Crippen LogP contribution in [0.25, 0.3) is 15.2 Å². The van der Waals surface area contributed by atoms with Crippen LogP contribution in [0.1, 0.15) is 37.6 Å². The first-order valence-electron chi connectivity index (χ1n) is 7.29. The number of hydrogen-bond donors (Lipinski definition) is 1. The van der Waals surface area contributed by atoms with Gasteiger partial charge >= 0.3 is 0 Å². The van der Waals surface area contributed by atoms with E-state index in [4.69, 9.17) is 5.73 Å². The lowest BCUT2D eigenvalue weighted by Gasteiger charge is -2.00. The first kappa shape index (κ1) is 13.5. The first-order chi connectivity index (χ1) is 9.83. The molecule has 0 aliphatic heterocycles. The van der Waals surface area contributed by atoms with E-state index in [0.717, 1.165) is 49.4 Å². The molecule has 106 valence electrons. The monoisotopic (exact) mass is 288 g/mol. The molecule has 0 saturated heterocycles. The lowest BCUT2D eigenvalue weighted by molar-refractivity contribution is 0.667. The number of rotatable bonds is 6. The predicted molar refractivity (Wildman–Crippen MR) is 84.4 cm³/mol. The summed E-state index contributed by atoms with van der Waals surface area (Å²) in [5, 5.41) is 8.65. The Morgan fingerprint density at radius 2 is 2.10 bits per heavy atom. The number of thiazole rings is 1. The largest absolute Gasteiger partial charge is 0.330 e. The Balaban J connectivity index is 1.93. The summed E-state index contributed by atoms with van der Waals surface area (Å²) in [5.74, 6) is 1.08. The molecule has 0 atom stereocenters. The fourth-order valence-electron chi connectivity index (χ4n) is 2.52. The van der Waals surface area contributed by atoms with Crippen LogP contribution in [0.3, 0.4) is 0 Å². The highest BCUT2D eigenvalue weighted by atomic mass is 32.1. The van der Waals surface area contributed by atoms with Gasteiger partial charge in [0.15, 0.2) is 0 Å². The molecule has 2 aromatic heterocycles. The molecule has 0 unspecified atom stereocenters. The van der Waals surface area contributed by atoms with E-state index >= 15 is 0 Å². The summed E-state index contributed by atoms with van der Waals surface area (Å²) in [7, 11) is 0. The van der Waals surface area contributed by atoms with Gasteiger partial charge in [-0.15, -0.1) is 10.2 Å². The number of benzene rings is 1. The van der Waals surface area contributed by atoms with Crippen molar-refractivity contribution < 1.29 is 0 Å². The van der Waals surface area contributed by atoms with Crippen molar-refractivity contribution in [1.29, 1.82) is 0 Å². The molecule has 5 heteroatoms. The molecule has 0 radical (unpaired) electrons. The Hall–Kier alpha value is -1.46. The summed E-state index contributed by atoms with van der Waals surface area (Å²) >= 11 is 1.73. The molecule has 3 rings (SSSR count). The first-order valence-corrected chi connectivity index (χ1v) is 8.10. The third-order valence-electron chi connectivity index (χ3n) is 3.68. The molecule has 2 heterocycles. The summed E-state index contributed by atoms with van der Waals surface area (Å²) in [4.78, 5) is 1.00. The van der Waals surface area contributed by atoms with Gasteiger partial charge in [0.25, 0.3) is 0 Å². The molecule has 0 aliphatic rings. The Kier molecular flexibility index (Phi) is 3.98. The van der Waals surface area contributed by atoms with Gasteiger partial charge in [0.1, 0.15) is 5.82 Å². The van der Waals surface area contributed by atoms with Gasteiger partial charge in [-0.05, 0) is 43.5 Å². The lowest BCUT2D eigenvalue weighted by Crippen LogP contribution is -1.99. The molecule has 0 spiro atoms. The van der Waals surface area contributed by atoms with Crippen LogP contribution >= 0.6 is 11.3 Å². The summed E-state index contributed by atoms with van der Waals surface area (Å²) in [6.07, 6.45) is 5.42. The van der Waals surface area contributed by atoms with E-state index < -0.39 is 0 Å². The van der Waals surface area contributed by atoms with Crippen molar-refractivity contribution in [2.45, 2.75) is 39.0 Å². The lowest BCUT2D eigenvalue weighted by atomic mass is 10.1. The quantitative estimate of drug-likeness (QED) is 0.709. The maximum absolute atomic E-state index is 5.53. The highest BCUT2D eigenvalue weighted by molar-refractivity contribution is 7.23. The molecule has 2 N–H and O–H groups in total. The van der Waals surface area contributed by atoms with Gasteiger partial charge < -0.3 is 5.73 Å². The van der Waals surface area contributed by atoms with Crippen LogP contribution in [-0.4, -0.2) is 21.1 Å². The third-order valence-corrected chi connectivity index (χ3v) is 4.67. The van der Waals surface area contributed by atoms with Crippen LogP contribution in [0, 0.1) is 0 Å². The Morgan fingerprint density at radius 3 is 2.90 bits per heavy atom. The Bertz CT molecular complexity index is 713. The van der Waals surface area contributed by atoms with Gasteiger partial charge in [-0.3, -0.25) is 4.40 Å². The van der Waals surface area contributed by atoms with Crippen molar-refractivity contribution in [2.75, 3.05) is 6.54 Å². The van der Waals surface area contributed by atoms with E-state index in [-0.39, 0.29) is 0 Å². The topological polar surface area (TPSA) is 56.2 Å². The van der Waals surface area contributed by atoms with E-state index in [1.807, 2.05) is 0 Å². The highest BCUT2D eigenvalue weighted by Crippen LogP contribution is 2.27. The fraction of sp³-hybridized carbons (Fsp3) is 0.467. The van der Waals surface area contributed by atoms with Crippen molar-refractivity contribution in [3.8, 4) is 0 Å². The Morgan fingerprint density at radius 1 is 1.20 bits per heavy atom. The van der Waals surface area contributed by atoms with Crippen LogP contribution in [0.2, 0.25) is 0 Å². The zero-order valence-electron chi connectivity index (χ0n) is 11.8. The van der Waals surface area contributed by atoms with Gasteiger partial charge in [0.05, 0.1) is 10.2 Å². The average Bonchev–Trinajstić information content (AvgIpc) is 3.02. The molecular formula is C15H20N4S. The van der Waals surface area contributed by atoms with Gasteiger partial charge in [0.2, 0.25) is 4.96 Å². The second-order valence-electron chi connectivity index (χ2n) is 5.09. The van der Waals surface area contributed by atoms with Gasteiger partial charge in [-0.25, -0.2) is 0 Å². The van der Waals surface area contributed by atoms with Crippen molar-refractivity contribution in [2.24, 2.45) is 5.73 Å². The van der Waals surface area contributed by atoms with Gasteiger partial charge in [-0.1, -0.05) is 30.7 Å². The van der Waals surface area contributed by atoms with E-state index in [1.165, 1.54) is 15.8 Å². The number of unbranched alkanes of at least 4 members (excludes halogenated alkanes) is 2. The van der Waals surface area contributed by atoms with Crippen LogP contribution in [0.4, 0.5) is 0 Å². The minimum absolute atomic E-state index is 0.774. The number of nitrogens with two attached hydrogens (primary N) is 1. The molecule has 0 bridgehead atoms. The third kappa shape index (κ3) is 2.43. The second-order valence-corrected chi connectivity index (χ2v) is 6.10. The summed E-state index contributed by atoms with van der Waals surface area (Å²) in [5.41, 5.74) is 8.14. The van der Waals surface area contributed by atoms with Crippen molar-refractivity contribution in [3.63, 3.8) is 0 Å². The van der Waals surface area contributed by atoms with Crippen LogP contribution in [0.15, 0.2) is 18.2 Å². The summed E-state index contributed by atoms with van der Waals surface area (Å²) in [6, 6.07) is 6.67. The van der Waals surface area contributed by atoms with Crippen molar-refractivity contribution >= 4 is 26.5 Å². The van der Waals surface area contributed by atoms with E-state index in [9.17, 15) is 0 Å². The molecule has 0 amide bonds. The average molecular weight is 288 g/mol. The second kappa shape index (κ2) is 5.89. The maximum atomic E-state index is 5.53. The molecule has 0 saturated carbocycles. The minimum atomic E-state index is 0.774. The number of fused-ring (bicyclic) bond motifs is 3. The summed E-state index contributed by atoms with van der Waals surface area (Å²) in [6.45, 7) is 2.96. The van der Waals surface area contributed by atoms with E-state index in [0.29, 0.717) is 0 Å². The maximum Gasteiger partial charge on any atom is 0.217 e. The predicted octanol–water partition coefficient (Wildman–Crippen LogP) is 3.18. The van der Waals surface area contributed by atoms with E-state index in [1.54, 1.807) is 11.3 Å². The molecule has 20 heavy (non-hydrogen) atoms. The number of aryl methyl sites for hydroxylation is 2.